The maximum absolute atomic E-state index is 12.7. The molecule has 2 aromatic rings. The number of rotatable bonds is 5. The van der Waals surface area contributed by atoms with Gasteiger partial charge in [-0.05, 0) is 31.0 Å². The zero-order valence-corrected chi connectivity index (χ0v) is 11.9. The average molecular weight is 281 g/mol. The van der Waals surface area contributed by atoms with Gasteiger partial charge in [0.1, 0.15) is 11.2 Å². The van der Waals surface area contributed by atoms with E-state index in [1.165, 1.54) is 0 Å². The van der Waals surface area contributed by atoms with E-state index in [1.807, 2.05) is 54.6 Å². The third-order valence-electron chi connectivity index (χ3n) is 4.17. The molecule has 2 N–H and O–H groups in total. The molecule has 0 spiro atoms. The van der Waals surface area contributed by atoms with E-state index in [9.17, 15) is 4.79 Å². The highest BCUT2D eigenvalue weighted by Gasteiger charge is 2.49. The van der Waals surface area contributed by atoms with E-state index < -0.39 is 5.41 Å². The van der Waals surface area contributed by atoms with Crippen molar-refractivity contribution >= 4 is 5.97 Å². The number of nitrogens with two attached hydrogens (primary N) is 1. The lowest BCUT2D eigenvalue weighted by Gasteiger charge is -2.26. The van der Waals surface area contributed by atoms with Gasteiger partial charge in [-0.1, -0.05) is 55.0 Å². The van der Waals surface area contributed by atoms with Crippen LogP contribution in [-0.4, -0.2) is 12.5 Å². The van der Waals surface area contributed by atoms with Crippen molar-refractivity contribution in [2.24, 2.45) is 5.73 Å². The fourth-order valence-electron chi connectivity index (χ4n) is 3.12. The molecule has 0 bridgehead atoms. The number of carbonyl (C=O) groups is 1. The number of benzene rings is 2. The molecule has 0 amide bonds. The lowest BCUT2D eigenvalue weighted by atomic mass is 9.72. The van der Waals surface area contributed by atoms with Gasteiger partial charge in [0.15, 0.2) is 0 Å². The zero-order chi connectivity index (χ0) is 14.7. The van der Waals surface area contributed by atoms with Crippen molar-refractivity contribution in [3.63, 3.8) is 0 Å². The molecule has 21 heavy (non-hydrogen) atoms. The summed E-state index contributed by atoms with van der Waals surface area (Å²) < 4.78 is 5.54. The van der Waals surface area contributed by atoms with Crippen LogP contribution in [0.25, 0.3) is 0 Å². The van der Waals surface area contributed by atoms with Crippen molar-refractivity contribution in [3.8, 4) is 5.75 Å². The van der Waals surface area contributed by atoms with Crippen molar-refractivity contribution in [1.29, 1.82) is 0 Å². The Morgan fingerprint density at radius 1 is 0.952 bits per heavy atom. The Kier molecular flexibility index (Phi) is 3.76. The number of para-hydroxylation sites is 1. The molecule has 1 atom stereocenters. The zero-order valence-electron chi connectivity index (χ0n) is 11.9. The third kappa shape index (κ3) is 2.24. The fourth-order valence-corrected chi connectivity index (χ4v) is 3.12. The van der Waals surface area contributed by atoms with Crippen LogP contribution in [-0.2, 0) is 10.2 Å². The molecule has 0 saturated heterocycles. The van der Waals surface area contributed by atoms with Gasteiger partial charge >= 0.3 is 5.97 Å². The summed E-state index contributed by atoms with van der Waals surface area (Å²) in [4.78, 5) is 12.7. The third-order valence-corrected chi connectivity index (χ3v) is 4.17. The molecule has 0 aliphatic carbocycles. The van der Waals surface area contributed by atoms with E-state index >= 15 is 0 Å². The number of hydrogen-bond donors (Lipinski definition) is 1. The molecule has 3 heteroatoms. The minimum absolute atomic E-state index is 0.174. The van der Waals surface area contributed by atoms with Crippen LogP contribution in [0.2, 0.25) is 0 Å². The fraction of sp³-hybridized carbons (Fsp3) is 0.278. The maximum Gasteiger partial charge on any atom is 0.326 e. The molecule has 3 nitrogen and oxygen atoms in total. The predicted octanol–water partition coefficient (Wildman–Crippen LogP) is 3.02. The Morgan fingerprint density at radius 2 is 1.67 bits per heavy atom. The predicted molar refractivity (Wildman–Crippen MR) is 82.2 cm³/mol. The van der Waals surface area contributed by atoms with Crippen LogP contribution < -0.4 is 10.5 Å². The molecule has 0 fully saturated rings. The Hall–Kier alpha value is -2.13. The first-order valence-corrected chi connectivity index (χ1v) is 7.36. The van der Waals surface area contributed by atoms with Gasteiger partial charge in [0.05, 0.1) is 0 Å². The number of carbonyl (C=O) groups excluding carboxylic acids is 1. The summed E-state index contributed by atoms with van der Waals surface area (Å²) in [6, 6.07) is 17.6. The van der Waals surface area contributed by atoms with Gasteiger partial charge in [0.2, 0.25) is 0 Å². The summed E-state index contributed by atoms with van der Waals surface area (Å²) in [6.45, 7) is 0.640. The number of esters is 1. The van der Waals surface area contributed by atoms with Gasteiger partial charge in [0, 0.05) is 5.56 Å². The normalized spacial score (nSPS) is 20.1. The second kappa shape index (κ2) is 5.70. The second-order valence-corrected chi connectivity index (χ2v) is 5.40. The summed E-state index contributed by atoms with van der Waals surface area (Å²) in [7, 11) is 0. The SMILES string of the molecule is NCCCCC1(c2ccccc2)C(=O)Oc2ccccc21. The van der Waals surface area contributed by atoms with E-state index in [0.717, 1.165) is 30.4 Å². The van der Waals surface area contributed by atoms with Crippen molar-refractivity contribution in [2.45, 2.75) is 24.7 Å². The van der Waals surface area contributed by atoms with Crippen LogP contribution in [0.3, 0.4) is 0 Å². The largest absolute Gasteiger partial charge is 0.425 e. The molecular formula is C18H19NO2. The van der Waals surface area contributed by atoms with E-state index in [1.54, 1.807) is 0 Å². The quantitative estimate of drug-likeness (QED) is 0.520. The standard InChI is InChI=1S/C18H19NO2/c19-13-7-6-12-18(14-8-2-1-3-9-14)15-10-4-5-11-16(15)21-17(18)20/h1-5,8-11H,6-7,12-13,19H2. The first kappa shape index (κ1) is 13.8. The molecule has 108 valence electrons. The first-order chi connectivity index (χ1) is 10.3. The molecule has 0 radical (unpaired) electrons. The number of ether oxygens (including phenoxy) is 1. The molecule has 1 aliphatic rings. The van der Waals surface area contributed by atoms with Crippen molar-refractivity contribution in [2.75, 3.05) is 6.54 Å². The molecule has 1 aliphatic heterocycles. The smallest absolute Gasteiger partial charge is 0.326 e. The van der Waals surface area contributed by atoms with E-state index in [0.29, 0.717) is 12.3 Å². The Labute approximate surface area is 124 Å². The lowest BCUT2D eigenvalue weighted by Crippen LogP contribution is -2.35. The van der Waals surface area contributed by atoms with Gasteiger partial charge < -0.3 is 10.5 Å². The molecule has 2 aromatic carbocycles. The van der Waals surface area contributed by atoms with E-state index in [-0.39, 0.29) is 5.97 Å². The molecule has 0 aromatic heterocycles. The first-order valence-electron chi connectivity index (χ1n) is 7.36. The van der Waals surface area contributed by atoms with Gasteiger partial charge in [-0.3, -0.25) is 4.79 Å². The minimum atomic E-state index is -0.687. The van der Waals surface area contributed by atoms with Crippen LogP contribution in [0.5, 0.6) is 5.75 Å². The number of fused-ring (bicyclic) bond motifs is 1. The molecule has 0 saturated carbocycles. The van der Waals surface area contributed by atoms with Crippen LogP contribution >= 0.6 is 0 Å². The van der Waals surface area contributed by atoms with Gasteiger partial charge in [-0.15, -0.1) is 0 Å². The maximum atomic E-state index is 12.7. The van der Waals surface area contributed by atoms with Crippen LogP contribution in [0.4, 0.5) is 0 Å². The Balaban J connectivity index is 2.11. The summed E-state index contributed by atoms with van der Waals surface area (Å²) in [5.41, 5.74) is 6.89. The summed E-state index contributed by atoms with van der Waals surface area (Å²) in [6.07, 6.45) is 2.53. The Morgan fingerprint density at radius 3 is 2.43 bits per heavy atom. The highest BCUT2D eigenvalue weighted by Crippen LogP contribution is 2.47. The van der Waals surface area contributed by atoms with Gasteiger partial charge in [0.25, 0.3) is 0 Å². The summed E-state index contributed by atoms with van der Waals surface area (Å²) in [5, 5.41) is 0. The molecule has 1 unspecified atom stereocenters. The highest BCUT2D eigenvalue weighted by atomic mass is 16.5. The summed E-state index contributed by atoms with van der Waals surface area (Å²) in [5.74, 6) is 0.506. The highest BCUT2D eigenvalue weighted by molar-refractivity contribution is 5.94. The number of hydrogen-bond acceptors (Lipinski definition) is 3. The van der Waals surface area contributed by atoms with Crippen molar-refractivity contribution in [1.82, 2.24) is 0 Å². The van der Waals surface area contributed by atoms with Crippen molar-refractivity contribution < 1.29 is 9.53 Å². The molecule has 3 rings (SSSR count). The van der Waals surface area contributed by atoms with Gasteiger partial charge in [-0.25, -0.2) is 0 Å². The van der Waals surface area contributed by atoms with E-state index in [4.69, 9.17) is 10.5 Å². The second-order valence-electron chi connectivity index (χ2n) is 5.40. The van der Waals surface area contributed by atoms with Gasteiger partial charge in [-0.2, -0.15) is 0 Å². The average Bonchev–Trinajstić information content (AvgIpc) is 2.81. The summed E-state index contributed by atoms with van der Waals surface area (Å²) >= 11 is 0. The minimum Gasteiger partial charge on any atom is -0.425 e. The molecular weight excluding hydrogens is 262 g/mol. The molecule has 1 heterocycles. The van der Waals surface area contributed by atoms with Crippen LogP contribution in [0.1, 0.15) is 30.4 Å². The van der Waals surface area contributed by atoms with Crippen molar-refractivity contribution in [3.05, 3.63) is 65.7 Å². The van der Waals surface area contributed by atoms with Crippen LogP contribution in [0.15, 0.2) is 54.6 Å². The Bertz CT molecular complexity index is 639. The van der Waals surface area contributed by atoms with E-state index in [2.05, 4.69) is 0 Å². The number of unbranched alkanes of at least 4 members (excludes halogenated alkanes) is 1. The van der Waals surface area contributed by atoms with Crippen LogP contribution in [0, 0.1) is 0 Å². The topological polar surface area (TPSA) is 52.3 Å². The lowest BCUT2D eigenvalue weighted by molar-refractivity contribution is -0.137. The monoisotopic (exact) mass is 281 g/mol.